The molecule has 0 bridgehead atoms. The molecule has 2 amide bonds. The molecule has 28 nitrogen and oxygen atoms in total. The molecule has 0 saturated heterocycles. The molecule has 0 unspecified atom stereocenters. The molecule has 0 rings (SSSR count). The van der Waals surface area contributed by atoms with E-state index in [-0.39, 0.29) is 162 Å². The van der Waals surface area contributed by atoms with Crippen molar-refractivity contribution in [2.45, 2.75) is 254 Å². The molecule has 0 radical (unpaired) electrons. The Bertz CT molecular complexity index is 2150. The van der Waals surface area contributed by atoms with Gasteiger partial charge in [-0.15, -0.1) is 0 Å². The largest absolute Gasteiger partial charge is 0.387 e. The van der Waals surface area contributed by atoms with Crippen LogP contribution < -0.4 is 10.6 Å². The Balaban J connectivity index is 5.84. The summed E-state index contributed by atoms with van der Waals surface area (Å²) in [5.74, 6) is 0.270. The van der Waals surface area contributed by atoms with Gasteiger partial charge in [-0.2, -0.15) is 0 Å². The summed E-state index contributed by atoms with van der Waals surface area (Å²) in [6.07, 6.45) is 11.4. The molecule has 0 aliphatic carbocycles. The summed E-state index contributed by atoms with van der Waals surface area (Å²) in [6.45, 7) is 45.7. The average Bonchev–Trinajstić information content (AvgIpc) is 0.853. The van der Waals surface area contributed by atoms with Crippen molar-refractivity contribution in [2.24, 2.45) is 11.3 Å². The zero-order chi connectivity index (χ0) is 85.0. The quantitative estimate of drug-likeness (QED) is 0.0535. The number of ether oxygens (including phenoxy) is 19. The van der Waals surface area contributed by atoms with Crippen molar-refractivity contribution in [3.05, 3.63) is 12.3 Å². The van der Waals surface area contributed by atoms with Gasteiger partial charge in [-0.3, -0.25) is 28.8 Å². The van der Waals surface area contributed by atoms with E-state index in [0.717, 1.165) is 50.8 Å². The van der Waals surface area contributed by atoms with Crippen LogP contribution in [-0.2, 0) is 119 Å². The molecule has 28 heteroatoms. The monoisotopic (exact) mass is 1650 g/mol. The lowest BCUT2D eigenvalue weighted by Gasteiger charge is -2.33. The Morgan fingerprint density at radius 3 is 0.991 bits per heavy atom. The summed E-state index contributed by atoms with van der Waals surface area (Å²) >= 11 is 0. The highest BCUT2D eigenvalue weighted by atomic mass is 16.6. The molecule has 0 aliphatic heterocycles. The summed E-state index contributed by atoms with van der Waals surface area (Å²) in [7, 11) is 0. The molecule has 0 aromatic rings. The maximum atomic E-state index is 14.3. The average molecular weight is 1650 g/mol. The van der Waals surface area contributed by atoms with Crippen molar-refractivity contribution in [3.63, 3.8) is 0 Å². The molecule has 0 heterocycles. The lowest BCUT2D eigenvalue weighted by molar-refractivity contribution is -0.132. The fraction of sp³-hybridized carbons (Fsp3) is 0.908. The second-order valence-corrected chi connectivity index (χ2v) is 32.6. The standard InChI is InChI=1S/C87H165N3O25/c1-75(2)25-18-30-83(96)90(38-36-88-77(5)26-16-15-17-49-112-76(3)4)39-37-89-82(95)32-31-81(94)71-87(72-109-46-22-43-97-50-33-78(91)27-19-40-100-53-56-103-59-62-106-65-68-113-84(6,7)8,73-110-47-23-44-98-51-34-79(92)28-20-41-101-54-57-104-60-63-107-66-69-114-85(9,10)11)74-111-48-24-45-99-52-35-80(93)29-21-42-102-55-58-105-61-64-108-67-70-115-86(12,13)14/h75-76,88H,5,15-74H2,1-4,6-14H3,(H,89,95). The number of rotatable bonds is 89. The SMILES string of the molecule is C=C(CCCCCOC(C)C)NCCN(CCNC(=O)CCC(=O)CC(COCCCOCCC(=O)CCCOCCOCCOCCOC(C)(C)C)(COCCCOCCC(=O)CCCOCCOCCOCCOC(C)(C)C)COCCCOCCC(=O)CCCOCCOCCOCCOC(C)(C)C)C(=O)CCCC(C)C. The highest BCUT2D eigenvalue weighted by Crippen LogP contribution is 2.27. The molecule has 678 valence electrons. The third-order valence-corrected chi connectivity index (χ3v) is 17.0. The first kappa shape index (κ1) is 111. The Morgan fingerprint density at radius 2 is 0.635 bits per heavy atom. The molecule has 115 heavy (non-hydrogen) atoms. The highest BCUT2D eigenvalue weighted by molar-refractivity contribution is 5.85. The van der Waals surface area contributed by atoms with E-state index in [0.29, 0.717) is 248 Å². The van der Waals surface area contributed by atoms with Crippen LogP contribution in [-0.4, -0.2) is 314 Å². The van der Waals surface area contributed by atoms with Gasteiger partial charge in [0.25, 0.3) is 0 Å². The topological polar surface area (TPSA) is 305 Å². The van der Waals surface area contributed by atoms with Gasteiger partial charge in [-0.05, 0) is 146 Å². The number of unbranched alkanes of at least 4 members (excludes halogenated alkanes) is 2. The zero-order valence-electron chi connectivity index (χ0n) is 74.4. The third kappa shape index (κ3) is 83.8. The summed E-state index contributed by atoms with van der Waals surface area (Å²) in [5.41, 5.74) is -0.648. The second kappa shape index (κ2) is 76.5. The van der Waals surface area contributed by atoms with Crippen LogP contribution in [0.25, 0.3) is 0 Å². The number of allylic oxidation sites excluding steroid dienone is 1. The number of carbonyl (C=O) groups is 6. The van der Waals surface area contributed by atoms with Gasteiger partial charge in [0.05, 0.1) is 181 Å². The first-order chi connectivity index (χ1) is 55.1. The number of hydrogen-bond donors (Lipinski definition) is 2. The van der Waals surface area contributed by atoms with Crippen LogP contribution in [0.4, 0.5) is 0 Å². The van der Waals surface area contributed by atoms with Gasteiger partial charge in [0.1, 0.15) is 23.1 Å². The number of hydrogen-bond acceptors (Lipinski definition) is 26. The maximum absolute atomic E-state index is 14.3. The van der Waals surface area contributed by atoms with E-state index >= 15 is 0 Å². The Labute approximate surface area is 694 Å². The predicted octanol–water partition coefficient (Wildman–Crippen LogP) is 11.7. The van der Waals surface area contributed by atoms with Crippen LogP contribution in [0.1, 0.15) is 231 Å². The van der Waals surface area contributed by atoms with E-state index in [9.17, 15) is 28.8 Å². The minimum atomic E-state index is -0.978. The highest BCUT2D eigenvalue weighted by Gasteiger charge is 2.35. The van der Waals surface area contributed by atoms with E-state index in [1.807, 2.05) is 76.2 Å². The first-order valence-corrected chi connectivity index (χ1v) is 43.3. The number of ketones is 4. The van der Waals surface area contributed by atoms with Crippen LogP contribution in [0.5, 0.6) is 0 Å². The van der Waals surface area contributed by atoms with E-state index in [1.54, 1.807) is 4.90 Å². The molecule has 2 N–H and O–H groups in total. The second-order valence-electron chi connectivity index (χ2n) is 32.6. The van der Waals surface area contributed by atoms with Gasteiger partial charge in [0.15, 0.2) is 0 Å². The van der Waals surface area contributed by atoms with Crippen molar-refractivity contribution in [1.29, 1.82) is 0 Å². The van der Waals surface area contributed by atoms with E-state index in [2.05, 4.69) is 31.1 Å². The fourth-order valence-electron chi connectivity index (χ4n) is 10.9. The van der Waals surface area contributed by atoms with E-state index in [4.69, 9.17) is 90.0 Å². The van der Waals surface area contributed by atoms with Crippen molar-refractivity contribution in [2.75, 3.05) is 251 Å². The van der Waals surface area contributed by atoms with Crippen LogP contribution in [0.15, 0.2) is 12.3 Å². The number of nitrogens with zero attached hydrogens (tertiary/aromatic N) is 1. The molecule has 0 spiro atoms. The molecule has 0 fully saturated rings. The van der Waals surface area contributed by atoms with Crippen molar-refractivity contribution in [3.8, 4) is 0 Å². The van der Waals surface area contributed by atoms with Gasteiger partial charge in [0, 0.05) is 168 Å². The van der Waals surface area contributed by atoms with E-state index < -0.39 is 5.41 Å². The van der Waals surface area contributed by atoms with E-state index in [1.165, 1.54) is 0 Å². The molecule has 0 aliphatic rings. The Hall–Kier alpha value is -3.60. The van der Waals surface area contributed by atoms with Crippen molar-refractivity contribution in [1.82, 2.24) is 15.5 Å². The number of Topliss-reactive ketones (excluding diaryl/α,β-unsaturated/α-hetero) is 4. The van der Waals surface area contributed by atoms with Gasteiger partial charge in [-0.1, -0.05) is 33.3 Å². The maximum Gasteiger partial charge on any atom is 0.222 e. The molecular weight excluding hydrogens is 1490 g/mol. The van der Waals surface area contributed by atoms with Crippen LogP contribution in [0.2, 0.25) is 0 Å². The van der Waals surface area contributed by atoms with Gasteiger partial charge in [0.2, 0.25) is 11.8 Å². The smallest absolute Gasteiger partial charge is 0.222 e. The summed E-state index contributed by atoms with van der Waals surface area (Å²) in [6, 6.07) is 0. The van der Waals surface area contributed by atoms with Crippen molar-refractivity contribution >= 4 is 34.9 Å². The summed E-state index contributed by atoms with van der Waals surface area (Å²) in [4.78, 5) is 81.2. The fourth-order valence-corrected chi connectivity index (χ4v) is 10.9. The lowest BCUT2D eigenvalue weighted by atomic mass is 9.84. The van der Waals surface area contributed by atoms with Crippen LogP contribution >= 0.6 is 0 Å². The van der Waals surface area contributed by atoms with Crippen molar-refractivity contribution < 1.29 is 119 Å². The number of nitrogens with one attached hydrogen (secondary N) is 2. The number of carbonyl (C=O) groups excluding carboxylic acids is 6. The molecule has 0 saturated carbocycles. The van der Waals surface area contributed by atoms with Crippen LogP contribution in [0, 0.1) is 11.3 Å². The summed E-state index contributed by atoms with van der Waals surface area (Å²) < 4.78 is 110. The minimum absolute atomic E-state index is 0.0195. The predicted molar refractivity (Wildman–Crippen MR) is 446 cm³/mol. The van der Waals surface area contributed by atoms with Crippen LogP contribution in [0.3, 0.4) is 0 Å². The molecule has 0 atom stereocenters. The first-order valence-electron chi connectivity index (χ1n) is 43.3. The van der Waals surface area contributed by atoms with Gasteiger partial charge < -0.3 is 106 Å². The molecular formula is C87H165N3O25. The minimum Gasteiger partial charge on any atom is -0.387 e. The summed E-state index contributed by atoms with van der Waals surface area (Å²) in [5, 5.41) is 6.36. The number of amides is 2. The Kier molecular flexibility index (Phi) is 74.1. The Morgan fingerprint density at radius 1 is 0.304 bits per heavy atom. The van der Waals surface area contributed by atoms with Gasteiger partial charge >= 0.3 is 0 Å². The molecule has 0 aromatic carbocycles. The lowest BCUT2D eigenvalue weighted by Crippen LogP contribution is -2.42. The van der Waals surface area contributed by atoms with Gasteiger partial charge in [-0.25, -0.2) is 0 Å². The third-order valence-electron chi connectivity index (χ3n) is 17.0. The molecule has 0 aromatic heterocycles. The normalized spacial score (nSPS) is 12.2. The zero-order valence-corrected chi connectivity index (χ0v) is 74.4.